The van der Waals surface area contributed by atoms with Crippen LogP contribution in [0.1, 0.15) is 65.7 Å². The molecule has 0 aromatic carbocycles. The zero-order chi connectivity index (χ0) is 15.3. The molecular formula is C18H34N2O. The van der Waals surface area contributed by atoms with Gasteiger partial charge in [0.1, 0.15) is 0 Å². The van der Waals surface area contributed by atoms with E-state index < -0.39 is 0 Å². The van der Waals surface area contributed by atoms with Crippen LogP contribution in [0, 0.1) is 17.3 Å². The van der Waals surface area contributed by atoms with Crippen molar-refractivity contribution in [2.24, 2.45) is 17.3 Å². The molecule has 0 saturated carbocycles. The molecule has 2 aliphatic heterocycles. The molecule has 0 aliphatic carbocycles. The van der Waals surface area contributed by atoms with Gasteiger partial charge in [0.25, 0.3) is 0 Å². The van der Waals surface area contributed by atoms with Crippen LogP contribution in [0.2, 0.25) is 0 Å². The standard InChI is InChI=1S/C18H34N2O/c1-4-8-18(9-11-19-12-10-18)17(21)20-13-5-6-16(7-14-20)15(2)3/h15-16,19H,4-14H2,1-3H3. The first-order valence-corrected chi connectivity index (χ1v) is 9.09. The summed E-state index contributed by atoms with van der Waals surface area (Å²) in [6, 6.07) is 0. The zero-order valence-electron chi connectivity index (χ0n) is 14.3. The van der Waals surface area contributed by atoms with Crippen molar-refractivity contribution in [1.82, 2.24) is 10.2 Å². The highest BCUT2D eigenvalue weighted by molar-refractivity contribution is 5.83. The molecule has 2 fully saturated rings. The Bertz CT molecular complexity index is 329. The summed E-state index contributed by atoms with van der Waals surface area (Å²) in [6.07, 6.45) is 7.93. The maximum absolute atomic E-state index is 13.2. The third-order valence-electron chi connectivity index (χ3n) is 5.75. The summed E-state index contributed by atoms with van der Waals surface area (Å²) < 4.78 is 0. The lowest BCUT2D eigenvalue weighted by molar-refractivity contribution is -0.144. The third-order valence-corrected chi connectivity index (χ3v) is 5.75. The van der Waals surface area contributed by atoms with Gasteiger partial charge in [-0.15, -0.1) is 0 Å². The molecule has 2 rings (SSSR count). The summed E-state index contributed by atoms with van der Waals surface area (Å²) in [5.74, 6) is 2.02. The molecule has 3 nitrogen and oxygen atoms in total. The number of likely N-dealkylation sites (tertiary alicyclic amines) is 1. The SMILES string of the molecule is CCCC1(C(=O)N2CCCC(C(C)C)CC2)CCNCC1. The van der Waals surface area contributed by atoms with E-state index in [0.29, 0.717) is 5.91 Å². The third kappa shape index (κ3) is 4.00. The van der Waals surface area contributed by atoms with Crippen molar-refractivity contribution < 1.29 is 4.79 Å². The Morgan fingerprint density at radius 2 is 1.95 bits per heavy atom. The van der Waals surface area contributed by atoms with Gasteiger partial charge in [-0.2, -0.15) is 0 Å². The molecule has 0 aromatic rings. The van der Waals surface area contributed by atoms with E-state index in [-0.39, 0.29) is 5.41 Å². The molecule has 0 bridgehead atoms. The Morgan fingerprint density at radius 1 is 1.24 bits per heavy atom. The van der Waals surface area contributed by atoms with Gasteiger partial charge in [0.2, 0.25) is 5.91 Å². The number of piperidine rings is 1. The lowest BCUT2D eigenvalue weighted by Gasteiger charge is -2.40. The number of nitrogens with one attached hydrogen (secondary N) is 1. The molecule has 1 atom stereocenters. The summed E-state index contributed by atoms with van der Waals surface area (Å²) >= 11 is 0. The molecule has 2 aliphatic rings. The molecular weight excluding hydrogens is 260 g/mol. The number of hydrogen-bond acceptors (Lipinski definition) is 2. The van der Waals surface area contributed by atoms with E-state index in [9.17, 15) is 4.79 Å². The highest BCUT2D eigenvalue weighted by Gasteiger charge is 2.41. The molecule has 0 radical (unpaired) electrons. The predicted octanol–water partition coefficient (Wildman–Crippen LogP) is 3.44. The van der Waals surface area contributed by atoms with Crippen LogP contribution in [0.5, 0.6) is 0 Å². The number of hydrogen-bond donors (Lipinski definition) is 1. The topological polar surface area (TPSA) is 32.3 Å². The number of carbonyl (C=O) groups is 1. The van der Waals surface area contributed by atoms with Gasteiger partial charge in [-0.3, -0.25) is 4.79 Å². The molecule has 1 N–H and O–H groups in total. The normalized spacial score (nSPS) is 26.7. The van der Waals surface area contributed by atoms with Crippen LogP contribution in [0.25, 0.3) is 0 Å². The van der Waals surface area contributed by atoms with Crippen molar-refractivity contribution in [2.75, 3.05) is 26.2 Å². The molecule has 0 aromatic heterocycles. The smallest absolute Gasteiger partial charge is 0.228 e. The van der Waals surface area contributed by atoms with Gasteiger partial charge in [0, 0.05) is 13.1 Å². The van der Waals surface area contributed by atoms with Gasteiger partial charge >= 0.3 is 0 Å². The van der Waals surface area contributed by atoms with Crippen LogP contribution >= 0.6 is 0 Å². The van der Waals surface area contributed by atoms with E-state index in [2.05, 4.69) is 31.0 Å². The average molecular weight is 294 g/mol. The zero-order valence-corrected chi connectivity index (χ0v) is 14.3. The molecule has 21 heavy (non-hydrogen) atoms. The highest BCUT2D eigenvalue weighted by Crippen LogP contribution is 2.37. The molecule has 1 amide bonds. The van der Waals surface area contributed by atoms with Gasteiger partial charge in [-0.1, -0.05) is 27.2 Å². The number of carbonyl (C=O) groups excluding carboxylic acids is 1. The van der Waals surface area contributed by atoms with Crippen LogP contribution in [-0.2, 0) is 4.79 Å². The molecule has 3 heteroatoms. The summed E-state index contributed by atoms with van der Waals surface area (Å²) in [5, 5.41) is 3.42. The van der Waals surface area contributed by atoms with Crippen molar-refractivity contribution in [3.05, 3.63) is 0 Å². The Hall–Kier alpha value is -0.570. The van der Waals surface area contributed by atoms with Crippen LogP contribution in [-0.4, -0.2) is 37.0 Å². The molecule has 0 spiro atoms. The fourth-order valence-electron chi connectivity index (χ4n) is 4.28. The monoisotopic (exact) mass is 294 g/mol. The van der Waals surface area contributed by atoms with E-state index in [1.165, 1.54) is 19.3 Å². The van der Waals surface area contributed by atoms with Crippen molar-refractivity contribution in [2.45, 2.75) is 65.7 Å². The van der Waals surface area contributed by atoms with E-state index in [0.717, 1.165) is 63.7 Å². The highest BCUT2D eigenvalue weighted by atomic mass is 16.2. The fourth-order valence-corrected chi connectivity index (χ4v) is 4.28. The van der Waals surface area contributed by atoms with E-state index in [1.807, 2.05) is 0 Å². The van der Waals surface area contributed by atoms with Crippen LogP contribution < -0.4 is 5.32 Å². The molecule has 122 valence electrons. The van der Waals surface area contributed by atoms with Crippen molar-refractivity contribution in [3.8, 4) is 0 Å². The Balaban J connectivity index is 2.03. The lowest BCUT2D eigenvalue weighted by Crippen LogP contribution is -2.49. The summed E-state index contributed by atoms with van der Waals surface area (Å²) in [4.78, 5) is 15.4. The van der Waals surface area contributed by atoms with Gasteiger partial charge < -0.3 is 10.2 Å². The van der Waals surface area contributed by atoms with Crippen molar-refractivity contribution >= 4 is 5.91 Å². The summed E-state index contributed by atoms with van der Waals surface area (Å²) in [7, 11) is 0. The minimum Gasteiger partial charge on any atom is -0.342 e. The minimum absolute atomic E-state index is 0.0579. The Kier molecular flexibility index (Phi) is 6.09. The maximum atomic E-state index is 13.2. The molecule has 2 saturated heterocycles. The van der Waals surface area contributed by atoms with E-state index in [4.69, 9.17) is 0 Å². The van der Waals surface area contributed by atoms with Crippen LogP contribution in [0.3, 0.4) is 0 Å². The second kappa shape index (κ2) is 7.62. The second-order valence-corrected chi connectivity index (χ2v) is 7.51. The maximum Gasteiger partial charge on any atom is 0.228 e. The fraction of sp³-hybridized carbons (Fsp3) is 0.944. The second-order valence-electron chi connectivity index (χ2n) is 7.51. The van der Waals surface area contributed by atoms with Gasteiger partial charge in [0.05, 0.1) is 5.41 Å². The van der Waals surface area contributed by atoms with E-state index in [1.54, 1.807) is 0 Å². The van der Waals surface area contributed by atoms with Gasteiger partial charge in [0.15, 0.2) is 0 Å². The summed E-state index contributed by atoms with van der Waals surface area (Å²) in [5.41, 5.74) is -0.0579. The van der Waals surface area contributed by atoms with Crippen molar-refractivity contribution in [3.63, 3.8) is 0 Å². The first-order valence-electron chi connectivity index (χ1n) is 9.09. The van der Waals surface area contributed by atoms with E-state index >= 15 is 0 Å². The number of amides is 1. The number of nitrogens with zero attached hydrogens (tertiary/aromatic N) is 1. The average Bonchev–Trinajstić information content (AvgIpc) is 2.73. The largest absolute Gasteiger partial charge is 0.342 e. The minimum atomic E-state index is -0.0579. The Labute approximate surface area is 130 Å². The van der Waals surface area contributed by atoms with Crippen LogP contribution in [0.15, 0.2) is 0 Å². The summed E-state index contributed by atoms with van der Waals surface area (Å²) in [6.45, 7) is 10.9. The Morgan fingerprint density at radius 3 is 2.57 bits per heavy atom. The number of rotatable bonds is 4. The lowest BCUT2D eigenvalue weighted by atomic mass is 9.74. The van der Waals surface area contributed by atoms with Gasteiger partial charge in [-0.25, -0.2) is 0 Å². The predicted molar refractivity (Wildman–Crippen MR) is 88.2 cm³/mol. The van der Waals surface area contributed by atoms with Gasteiger partial charge in [-0.05, 0) is 63.5 Å². The molecule has 1 unspecified atom stereocenters. The quantitative estimate of drug-likeness (QED) is 0.861. The first kappa shape index (κ1) is 16.8. The first-order chi connectivity index (χ1) is 10.1. The van der Waals surface area contributed by atoms with Crippen molar-refractivity contribution in [1.29, 1.82) is 0 Å². The molecule has 2 heterocycles. The van der Waals surface area contributed by atoms with Crippen LogP contribution in [0.4, 0.5) is 0 Å².